The lowest BCUT2D eigenvalue weighted by molar-refractivity contribution is 0.603. The molecule has 2 aromatic rings. The minimum Gasteiger partial charge on any atom is -0.244 e. The molecule has 0 fully saturated rings. The topological polar surface area (TPSA) is 12.9 Å². The first-order valence-electron chi connectivity index (χ1n) is 4.24. The number of rotatable bonds is 1. The van der Waals surface area contributed by atoms with Crippen LogP contribution in [-0.2, 0) is 0 Å². The van der Waals surface area contributed by atoms with Crippen LogP contribution in [-0.4, -0.2) is 4.98 Å². The van der Waals surface area contributed by atoms with Gasteiger partial charge >= 0.3 is 0 Å². The zero-order chi connectivity index (χ0) is 10.8. The van der Waals surface area contributed by atoms with E-state index in [2.05, 4.69) is 4.98 Å². The van der Waals surface area contributed by atoms with E-state index in [1.807, 2.05) is 0 Å². The van der Waals surface area contributed by atoms with Gasteiger partial charge in [-0.1, -0.05) is 11.6 Å². The van der Waals surface area contributed by atoms with Crippen LogP contribution in [0.5, 0.6) is 0 Å². The lowest BCUT2D eigenvalue weighted by Gasteiger charge is -2.02. The summed E-state index contributed by atoms with van der Waals surface area (Å²) < 4.78 is 26.2. The molecule has 0 radical (unpaired) electrons. The van der Waals surface area contributed by atoms with Gasteiger partial charge in [0.25, 0.3) is 0 Å². The number of hydrogen-bond donors (Lipinski definition) is 0. The smallest absolute Gasteiger partial charge is 0.131 e. The second-order valence-corrected chi connectivity index (χ2v) is 3.38. The molecule has 0 unspecified atom stereocenters. The van der Waals surface area contributed by atoms with E-state index >= 15 is 0 Å². The molecule has 0 aliphatic heterocycles. The van der Waals surface area contributed by atoms with Gasteiger partial charge in [-0.25, -0.2) is 13.8 Å². The molecule has 0 saturated heterocycles. The van der Waals surface area contributed by atoms with Gasteiger partial charge in [-0.2, -0.15) is 0 Å². The number of halogens is 3. The van der Waals surface area contributed by atoms with Gasteiger partial charge in [0.2, 0.25) is 0 Å². The lowest BCUT2D eigenvalue weighted by Crippen LogP contribution is -1.87. The number of nitrogens with zero attached hydrogens (tertiary/aromatic N) is 1. The molecule has 15 heavy (non-hydrogen) atoms. The summed E-state index contributed by atoms with van der Waals surface area (Å²) in [4.78, 5) is 3.80. The second kappa shape index (κ2) is 3.95. The van der Waals surface area contributed by atoms with Crippen LogP contribution in [0.2, 0.25) is 5.15 Å². The third kappa shape index (κ3) is 2.13. The summed E-state index contributed by atoms with van der Waals surface area (Å²) in [5, 5.41) is 0.315. The van der Waals surface area contributed by atoms with Crippen LogP contribution in [0.1, 0.15) is 0 Å². The molecule has 0 N–H and O–H groups in total. The Morgan fingerprint density at radius 1 is 1.07 bits per heavy atom. The summed E-state index contributed by atoms with van der Waals surface area (Å²) in [7, 11) is 0. The molecule has 1 aromatic carbocycles. The maximum atomic E-state index is 13.3. The molecule has 0 spiro atoms. The highest BCUT2D eigenvalue weighted by Gasteiger charge is 2.06. The zero-order valence-corrected chi connectivity index (χ0v) is 8.30. The van der Waals surface area contributed by atoms with Crippen molar-refractivity contribution in [2.24, 2.45) is 0 Å². The predicted octanol–water partition coefficient (Wildman–Crippen LogP) is 3.68. The number of hydrogen-bond acceptors (Lipinski definition) is 1. The maximum absolute atomic E-state index is 13.3. The molecule has 0 bridgehead atoms. The van der Waals surface area contributed by atoms with Gasteiger partial charge in [0.1, 0.15) is 16.8 Å². The molecule has 1 nitrogen and oxygen atoms in total. The minimum absolute atomic E-state index is 0.180. The van der Waals surface area contributed by atoms with Gasteiger partial charge in [0.05, 0.1) is 0 Å². The number of aromatic nitrogens is 1. The van der Waals surface area contributed by atoms with Crippen molar-refractivity contribution in [2.75, 3.05) is 0 Å². The molecule has 1 aromatic heterocycles. The highest BCUT2D eigenvalue weighted by molar-refractivity contribution is 6.29. The zero-order valence-electron chi connectivity index (χ0n) is 7.55. The fourth-order valence-electron chi connectivity index (χ4n) is 1.25. The fraction of sp³-hybridized carbons (Fsp3) is 0. The SMILES string of the molecule is Fc1ccc(F)c(-c2ccc(Cl)nc2)c1. The molecular weight excluding hydrogens is 220 g/mol. The fourth-order valence-corrected chi connectivity index (χ4v) is 1.37. The highest BCUT2D eigenvalue weighted by atomic mass is 35.5. The third-order valence-electron chi connectivity index (χ3n) is 1.97. The van der Waals surface area contributed by atoms with E-state index in [1.165, 1.54) is 12.3 Å². The van der Waals surface area contributed by atoms with Crippen LogP contribution >= 0.6 is 11.6 Å². The average molecular weight is 226 g/mol. The lowest BCUT2D eigenvalue weighted by atomic mass is 10.1. The standard InChI is InChI=1S/C11H6ClF2N/c12-11-4-1-7(6-15-11)9-5-8(13)2-3-10(9)14/h1-6H. The monoisotopic (exact) mass is 225 g/mol. The largest absolute Gasteiger partial charge is 0.244 e. The Morgan fingerprint density at radius 2 is 1.87 bits per heavy atom. The summed E-state index contributed by atoms with van der Waals surface area (Å²) in [5.74, 6) is -0.970. The molecule has 76 valence electrons. The van der Waals surface area contributed by atoms with E-state index in [0.29, 0.717) is 10.7 Å². The normalized spacial score (nSPS) is 10.3. The van der Waals surface area contributed by atoms with Gasteiger partial charge in [0.15, 0.2) is 0 Å². The Hall–Kier alpha value is -1.48. The van der Waals surface area contributed by atoms with Crippen LogP contribution < -0.4 is 0 Å². The van der Waals surface area contributed by atoms with E-state index in [1.54, 1.807) is 6.07 Å². The van der Waals surface area contributed by atoms with E-state index in [9.17, 15) is 8.78 Å². The summed E-state index contributed by atoms with van der Waals surface area (Å²) in [6.45, 7) is 0. The molecule has 0 amide bonds. The average Bonchev–Trinajstić information content (AvgIpc) is 2.23. The maximum Gasteiger partial charge on any atom is 0.131 e. The summed E-state index contributed by atoms with van der Waals surface area (Å²) in [6.07, 6.45) is 1.40. The van der Waals surface area contributed by atoms with Crippen molar-refractivity contribution in [3.63, 3.8) is 0 Å². The summed E-state index contributed by atoms with van der Waals surface area (Å²) in [6, 6.07) is 6.40. The van der Waals surface area contributed by atoms with E-state index in [-0.39, 0.29) is 5.56 Å². The molecule has 4 heteroatoms. The van der Waals surface area contributed by atoms with Crippen molar-refractivity contribution in [2.45, 2.75) is 0 Å². The first kappa shape index (κ1) is 10.1. The van der Waals surface area contributed by atoms with Crippen LogP contribution in [0.25, 0.3) is 11.1 Å². The van der Waals surface area contributed by atoms with Gasteiger partial charge < -0.3 is 0 Å². The Kier molecular flexibility index (Phi) is 2.64. The Morgan fingerprint density at radius 3 is 2.53 bits per heavy atom. The molecule has 1 heterocycles. The molecule has 2 rings (SSSR count). The Labute approximate surface area is 90.3 Å². The van der Waals surface area contributed by atoms with E-state index < -0.39 is 11.6 Å². The van der Waals surface area contributed by atoms with Gasteiger partial charge in [-0.3, -0.25) is 0 Å². The van der Waals surface area contributed by atoms with Crippen molar-refractivity contribution < 1.29 is 8.78 Å². The predicted molar refractivity (Wildman–Crippen MR) is 54.6 cm³/mol. The van der Waals surface area contributed by atoms with E-state index in [0.717, 1.165) is 18.2 Å². The van der Waals surface area contributed by atoms with Crippen molar-refractivity contribution >= 4 is 11.6 Å². The number of benzene rings is 1. The molecule has 0 aliphatic rings. The summed E-state index contributed by atoms with van der Waals surface area (Å²) >= 11 is 5.59. The van der Waals surface area contributed by atoms with E-state index in [4.69, 9.17) is 11.6 Å². The van der Waals surface area contributed by atoms with Crippen molar-refractivity contribution in [1.82, 2.24) is 4.98 Å². The summed E-state index contributed by atoms with van der Waals surface area (Å²) in [5.41, 5.74) is 0.676. The van der Waals surface area contributed by atoms with Crippen LogP contribution in [0.4, 0.5) is 8.78 Å². The van der Waals surface area contributed by atoms with Crippen molar-refractivity contribution in [3.05, 3.63) is 53.3 Å². The van der Waals surface area contributed by atoms with Gasteiger partial charge in [-0.15, -0.1) is 0 Å². The Bertz CT molecular complexity index is 482. The molecule has 0 atom stereocenters. The van der Waals surface area contributed by atoms with Gasteiger partial charge in [-0.05, 0) is 30.3 Å². The first-order chi connectivity index (χ1) is 7.16. The quantitative estimate of drug-likeness (QED) is 0.675. The van der Waals surface area contributed by atoms with Crippen molar-refractivity contribution in [1.29, 1.82) is 0 Å². The molecule has 0 aliphatic carbocycles. The second-order valence-electron chi connectivity index (χ2n) is 2.99. The highest BCUT2D eigenvalue weighted by Crippen LogP contribution is 2.23. The third-order valence-corrected chi connectivity index (χ3v) is 2.19. The molecule has 0 saturated carbocycles. The minimum atomic E-state index is -0.486. The van der Waals surface area contributed by atoms with Crippen LogP contribution in [0.15, 0.2) is 36.5 Å². The van der Waals surface area contributed by atoms with Crippen LogP contribution in [0, 0.1) is 11.6 Å². The van der Waals surface area contributed by atoms with Crippen molar-refractivity contribution in [3.8, 4) is 11.1 Å². The Balaban J connectivity index is 2.53. The van der Waals surface area contributed by atoms with Crippen LogP contribution in [0.3, 0.4) is 0 Å². The van der Waals surface area contributed by atoms with Gasteiger partial charge in [0, 0.05) is 17.3 Å². The molecular formula is C11H6ClF2N. The first-order valence-corrected chi connectivity index (χ1v) is 4.61. The number of pyridine rings is 1.